The zero-order valence-electron chi connectivity index (χ0n) is 7.88. The molecule has 2 aliphatic carbocycles. The summed E-state index contributed by atoms with van der Waals surface area (Å²) in [4.78, 5) is 13.3. The SMILES string of the molecule is O=C1NCCN1CC1(C2CC2)CC1. The Morgan fingerprint density at radius 3 is 2.69 bits per heavy atom. The maximum atomic E-state index is 11.3. The Kier molecular flexibility index (Phi) is 1.41. The molecule has 3 aliphatic rings. The molecule has 13 heavy (non-hydrogen) atoms. The van der Waals surface area contributed by atoms with E-state index in [1.165, 1.54) is 25.7 Å². The van der Waals surface area contributed by atoms with E-state index in [0.717, 1.165) is 25.6 Å². The van der Waals surface area contributed by atoms with Crippen LogP contribution in [0.5, 0.6) is 0 Å². The van der Waals surface area contributed by atoms with Crippen LogP contribution in [-0.2, 0) is 0 Å². The van der Waals surface area contributed by atoms with Crippen molar-refractivity contribution in [3.8, 4) is 0 Å². The molecular formula is C10H16N2O. The fourth-order valence-corrected chi connectivity index (χ4v) is 2.59. The fourth-order valence-electron chi connectivity index (χ4n) is 2.59. The molecule has 1 saturated heterocycles. The van der Waals surface area contributed by atoms with Gasteiger partial charge in [-0.05, 0) is 37.0 Å². The van der Waals surface area contributed by atoms with Gasteiger partial charge in [0, 0.05) is 19.6 Å². The monoisotopic (exact) mass is 180 g/mol. The molecule has 3 fully saturated rings. The van der Waals surface area contributed by atoms with E-state index in [4.69, 9.17) is 0 Å². The molecule has 1 N–H and O–H groups in total. The Bertz CT molecular complexity index is 243. The van der Waals surface area contributed by atoms with E-state index < -0.39 is 0 Å². The third kappa shape index (κ3) is 1.21. The van der Waals surface area contributed by atoms with Crippen molar-refractivity contribution < 1.29 is 4.79 Å². The van der Waals surface area contributed by atoms with E-state index in [1.807, 2.05) is 4.90 Å². The topological polar surface area (TPSA) is 32.3 Å². The number of nitrogens with one attached hydrogen (secondary N) is 1. The molecule has 0 unspecified atom stereocenters. The summed E-state index contributed by atoms with van der Waals surface area (Å²) in [6.45, 7) is 2.80. The Morgan fingerprint density at radius 1 is 1.46 bits per heavy atom. The van der Waals surface area contributed by atoms with Gasteiger partial charge in [-0.25, -0.2) is 4.79 Å². The highest BCUT2D eigenvalue weighted by Crippen LogP contribution is 2.61. The number of urea groups is 1. The molecule has 3 rings (SSSR count). The van der Waals surface area contributed by atoms with Crippen LogP contribution in [0.3, 0.4) is 0 Å². The van der Waals surface area contributed by atoms with Gasteiger partial charge in [-0.3, -0.25) is 0 Å². The van der Waals surface area contributed by atoms with Gasteiger partial charge in [-0.1, -0.05) is 0 Å². The smallest absolute Gasteiger partial charge is 0.317 e. The van der Waals surface area contributed by atoms with Crippen LogP contribution in [0.25, 0.3) is 0 Å². The van der Waals surface area contributed by atoms with Crippen molar-refractivity contribution in [3.05, 3.63) is 0 Å². The third-order valence-electron chi connectivity index (χ3n) is 3.79. The van der Waals surface area contributed by atoms with Gasteiger partial charge in [0.15, 0.2) is 0 Å². The molecule has 0 radical (unpaired) electrons. The number of amides is 2. The first-order valence-electron chi connectivity index (χ1n) is 5.33. The van der Waals surface area contributed by atoms with Gasteiger partial charge >= 0.3 is 6.03 Å². The van der Waals surface area contributed by atoms with Gasteiger partial charge in [-0.15, -0.1) is 0 Å². The first-order chi connectivity index (χ1) is 6.30. The van der Waals surface area contributed by atoms with Crippen molar-refractivity contribution in [1.82, 2.24) is 10.2 Å². The van der Waals surface area contributed by atoms with E-state index in [2.05, 4.69) is 5.32 Å². The molecule has 72 valence electrons. The maximum absolute atomic E-state index is 11.3. The van der Waals surface area contributed by atoms with Crippen LogP contribution in [-0.4, -0.2) is 30.6 Å². The quantitative estimate of drug-likeness (QED) is 0.695. The van der Waals surface area contributed by atoms with E-state index in [0.29, 0.717) is 5.41 Å². The maximum Gasteiger partial charge on any atom is 0.317 e. The van der Waals surface area contributed by atoms with Gasteiger partial charge in [0.1, 0.15) is 0 Å². The zero-order valence-corrected chi connectivity index (χ0v) is 7.88. The first kappa shape index (κ1) is 7.65. The number of hydrogen-bond donors (Lipinski definition) is 1. The fraction of sp³-hybridized carbons (Fsp3) is 0.900. The summed E-state index contributed by atoms with van der Waals surface area (Å²) in [6.07, 6.45) is 5.55. The van der Waals surface area contributed by atoms with E-state index in [1.54, 1.807) is 0 Å². The molecule has 0 aromatic rings. The minimum atomic E-state index is 0.159. The standard InChI is InChI=1S/C10H16N2O/c13-9-11-5-6-12(9)7-10(3-4-10)8-1-2-8/h8H,1-7H2,(H,11,13). The Hall–Kier alpha value is -0.730. The number of nitrogens with zero attached hydrogens (tertiary/aromatic N) is 1. The summed E-state index contributed by atoms with van der Waals surface area (Å²) in [6, 6.07) is 0.159. The van der Waals surface area contributed by atoms with Crippen LogP contribution in [0, 0.1) is 11.3 Å². The number of carbonyl (C=O) groups excluding carboxylic acids is 1. The van der Waals surface area contributed by atoms with Crippen molar-refractivity contribution in [2.24, 2.45) is 11.3 Å². The largest absolute Gasteiger partial charge is 0.336 e. The van der Waals surface area contributed by atoms with Crippen molar-refractivity contribution in [3.63, 3.8) is 0 Å². The first-order valence-corrected chi connectivity index (χ1v) is 5.33. The lowest BCUT2D eigenvalue weighted by atomic mass is 10.0. The molecule has 3 heteroatoms. The Morgan fingerprint density at radius 2 is 2.23 bits per heavy atom. The molecule has 1 aliphatic heterocycles. The second-order valence-corrected chi connectivity index (χ2v) is 4.79. The van der Waals surface area contributed by atoms with Crippen LogP contribution < -0.4 is 5.32 Å². The minimum absolute atomic E-state index is 0.159. The second-order valence-electron chi connectivity index (χ2n) is 4.79. The summed E-state index contributed by atoms with van der Waals surface area (Å²) >= 11 is 0. The van der Waals surface area contributed by atoms with Gasteiger partial charge < -0.3 is 10.2 Å². The zero-order chi connectivity index (χ0) is 8.89. The predicted molar refractivity (Wildman–Crippen MR) is 49.4 cm³/mol. The molecule has 0 atom stereocenters. The molecule has 2 saturated carbocycles. The molecule has 3 nitrogen and oxygen atoms in total. The van der Waals surface area contributed by atoms with Gasteiger partial charge in [-0.2, -0.15) is 0 Å². The highest BCUT2D eigenvalue weighted by Gasteiger charge is 2.54. The van der Waals surface area contributed by atoms with Crippen LogP contribution in [0.4, 0.5) is 4.79 Å². The summed E-state index contributed by atoms with van der Waals surface area (Å²) in [5.74, 6) is 0.959. The highest BCUT2D eigenvalue weighted by atomic mass is 16.2. The lowest BCUT2D eigenvalue weighted by Crippen LogP contribution is -2.34. The minimum Gasteiger partial charge on any atom is -0.336 e. The molecule has 2 amide bonds. The third-order valence-corrected chi connectivity index (χ3v) is 3.79. The molecular weight excluding hydrogens is 164 g/mol. The summed E-state index contributed by atoms with van der Waals surface area (Å²) in [5.41, 5.74) is 0.571. The van der Waals surface area contributed by atoms with E-state index in [9.17, 15) is 4.79 Å². The van der Waals surface area contributed by atoms with Crippen molar-refractivity contribution >= 4 is 6.03 Å². The van der Waals surface area contributed by atoms with Crippen LogP contribution in [0.1, 0.15) is 25.7 Å². The van der Waals surface area contributed by atoms with Gasteiger partial charge in [0.05, 0.1) is 0 Å². The van der Waals surface area contributed by atoms with Crippen LogP contribution in [0.2, 0.25) is 0 Å². The van der Waals surface area contributed by atoms with Crippen molar-refractivity contribution in [1.29, 1.82) is 0 Å². The molecule has 0 aromatic carbocycles. The average molecular weight is 180 g/mol. The Labute approximate surface area is 78.5 Å². The van der Waals surface area contributed by atoms with Crippen LogP contribution >= 0.6 is 0 Å². The summed E-state index contributed by atoms with van der Waals surface area (Å²) in [5, 5.41) is 2.87. The van der Waals surface area contributed by atoms with Gasteiger partial charge in [0.2, 0.25) is 0 Å². The highest BCUT2D eigenvalue weighted by molar-refractivity contribution is 5.76. The lowest BCUT2D eigenvalue weighted by molar-refractivity contribution is 0.201. The number of carbonyl (C=O) groups is 1. The molecule has 0 bridgehead atoms. The summed E-state index contributed by atoms with van der Waals surface area (Å²) < 4.78 is 0. The predicted octanol–water partition coefficient (Wildman–Crippen LogP) is 1.20. The second kappa shape index (κ2) is 2.40. The number of hydrogen-bond acceptors (Lipinski definition) is 1. The van der Waals surface area contributed by atoms with E-state index >= 15 is 0 Å². The summed E-state index contributed by atoms with van der Waals surface area (Å²) in [7, 11) is 0. The molecule has 0 aromatic heterocycles. The van der Waals surface area contributed by atoms with Gasteiger partial charge in [0.25, 0.3) is 0 Å². The van der Waals surface area contributed by atoms with Crippen molar-refractivity contribution in [2.45, 2.75) is 25.7 Å². The number of rotatable bonds is 3. The van der Waals surface area contributed by atoms with Crippen LogP contribution in [0.15, 0.2) is 0 Å². The Balaban J connectivity index is 1.64. The normalized spacial score (nSPS) is 30.5. The average Bonchev–Trinajstić information content (AvgIpc) is 2.97. The lowest BCUT2D eigenvalue weighted by Gasteiger charge is -2.21. The van der Waals surface area contributed by atoms with Crippen molar-refractivity contribution in [2.75, 3.05) is 19.6 Å². The molecule has 0 spiro atoms. The molecule has 1 heterocycles. The van der Waals surface area contributed by atoms with E-state index in [-0.39, 0.29) is 6.03 Å².